The highest BCUT2D eigenvalue weighted by Gasteiger charge is 2.29. The second kappa shape index (κ2) is 6.67. The van der Waals surface area contributed by atoms with Gasteiger partial charge in [-0.3, -0.25) is 0 Å². The molecule has 1 saturated heterocycles. The van der Waals surface area contributed by atoms with Crippen LogP contribution >= 0.6 is 36.4 Å². The van der Waals surface area contributed by atoms with Crippen molar-refractivity contribution in [2.45, 2.75) is 18.4 Å². The fraction of sp³-hybridized carbons (Fsp3) is 0.455. The van der Waals surface area contributed by atoms with Gasteiger partial charge in [0.05, 0.1) is 0 Å². The molecule has 16 heavy (non-hydrogen) atoms. The second-order valence-corrected chi connectivity index (χ2v) is 4.35. The van der Waals surface area contributed by atoms with Crippen molar-refractivity contribution in [1.29, 1.82) is 0 Å². The molecule has 0 aromatic heterocycles. The van der Waals surface area contributed by atoms with Crippen LogP contribution < -0.4 is 11.1 Å². The van der Waals surface area contributed by atoms with Gasteiger partial charge in [-0.05, 0) is 43.6 Å². The number of piperidine rings is 1. The average Bonchev–Trinajstić information content (AvgIpc) is 2.19. The standard InChI is InChI=1S/C11H15ClN2.2ClH/c12-10-3-1-2-9(8-10)11(13)4-6-14-7-5-11;;/h1-3,8,14H,4-7,13H2;2*1H. The van der Waals surface area contributed by atoms with Crippen molar-refractivity contribution in [3.8, 4) is 0 Å². The molecule has 0 atom stereocenters. The molecule has 5 heteroatoms. The molecule has 1 aromatic rings. The van der Waals surface area contributed by atoms with Gasteiger partial charge in [0.1, 0.15) is 0 Å². The van der Waals surface area contributed by atoms with Crippen LogP contribution in [0.15, 0.2) is 24.3 Å². The van der Waals surface area contributed by atoms with E-state index in [0.717, 1.165) is 36.5 Å². The number of rotatable bonds is 1. The summed E-state index contributed by atoms with van der Waals surface area (Å²) in [5, 5.41) is 4.08. The number of hydrogen-bond donors (Lipinski definition) is 2. The summed E-state index contributed by atoms with van der Waals surface area (Å²) in [6.07, 6.45) is 1.96. The molecule has 0 saturated carbocycles. The Morgan fingerprint density at radius 3 is 2.38 bits per heavy atom. The first-order valence-corrected chi connectivity index (χ1v) is 5.34. The van der Waals surface area contributed by atoms with Crippen LogP contribution in [0.1, 0.15) is 18.4 Å². The van der Waals surface area contributed by atoms with E-state index < -0.39 is 0 Å². The van der Waals surface area contributed by atoms with Crippen LogP contribution in [0.3, 0.4) is 0 Å². The van der Waals surface area contributed by atoms with Crippen molar-refractivity contribution in [2.75, 3.05) is 13.1 Å². The van der Waals surface area contributed by atoms with Crippen LogP contribution in [0.4, 0.5) is 0 Å². The minimum absolute atomic E-state index is 0. The van der Waals surface area contributed by atoms with E-state index in [0.29, 0.717) is 0 Å². The van der Waals surface area contributed by atoms with Gasteiger partial charge in [-0.1, -0.05) is 23.7 Å². The predicted octanol–water partition coefficient (Wildman–Crippen LogP) is 2.72. The summed E-state index contributed by atoms with van der Waals surface area (Å²) in [4.78, 5) is 0. The van der Waals surface area contributed by atoms with Gasteiger partial charge in [0.15, 0.2) is 0 Å². The molecular formula is C11H17Cl3N2. The summed E-state index contributed by atoms with van der Waals surface area (Å²) in [6.45, 7) is 1.98. The number of hydrogen-bond acceptors (Lipinski definition) is 2. The van der Waals surface area contributed by atoms with Gasteiger partial charge in [-0.2, -0.15) is 0 Å². The van der Waals surface area contributed by atoms with Gasteiger partial charge >= 0.3 is 0 Å². The molecule has 0 aliphatic carbocycles. The Morgan fingerprint density at radius 1 is 1.19 bits per heavy atom. The quantitative estimate of drug-likeness (QED) is 0.832. The lowest BCUT2D eigenvalue weighted by atomic mass is 9.83. The van der Waals surface area contributed by atoms with E-state index >= 15 is 0 Å². The Morgan fingerprint density at radius 2 is 1.81 bits per heavy atom. The predicted molar refractivity (Wildman–Crippen MR) is 73.9 cm³/mol. The van der Waals surface area contributed by atoms with Crippen molar-refractivity contribution in [1.82, 2.24) is 5.32 Å². The third-order valence-electron chi connectivity index (χ3n) is 2.90. The van der Waals surface area contributed by atoms with Crippen molar-refractivity contribution < 1.29 is 0 Å². The smallest absolute Gasteiger partial charge is 0.0434 e. The van der Waals surface area contributed by atoms with Gasteiger partial charge in [0, 0.05) is 10.6 Å². The summed E-state index contributed by atoms with van der Waals surface area (Å²) in [6, 6.07) is 7.90. The highest BCUT2D eigenvalue weighted by molar-refractivity contribution is 6.30. The van der Waals surface area contributed by atoms with Crippen LogP contribution in [-0.4, -0.2) is 13.1 Å². The minimum atomic E-state index is -0.184. The van der Waals surface area contributed by atoms with E-state index in [2.05, 4.69) is 11.4 Å². The van der Waals surface area contributed by atoms with Gasteiger partial charge < -0.3 is 11.1 Å². The molecule has 1 aliphatic heterocycles. The summed E-state index contributed by atoms with van der Waals surface area (Å²) >= 11 is 5.95. The van der Waals surface area contributed by atoms with Crippen LogP contribution in [0.2, 0.25) is 5.02 Å². The first-order chi connectivity index (χ1) is 6.71. The van der Waals surface area contributed by atoms with Crippen molar-refractivity contribution >= 4 is 36.4 Å². The summed E-state index contributed by atoms with van der Waals surface area (Å²) in [5.74, 6) is 0. The molecule has 2 nitrogen and oxygen atoms in total. The number of benzene rings is 1. The van der Waals surface area contributed by atoms with E-state index in [4.69, 9.17) is 17.3 Å². The summed E-state index contributed by atoms with van der Waals surface area (Å²) in [5.41, 5.74) is 7.33. The molecule has 1 aliphatic rings. The summed E-state index contributed by atoms with van der Waals surface area (Å²) < 4.78 is 0. The highest BCUT2D eigenvalue weighted by Crippen LogP contribution is 2.29. The Balaban J connectivity index is 0.00000112. The van der Waals surface area contributed by atoms with E-state index in [9.17, 15) is 0 Å². The molecule has 0 spiro atoms. The third-order valence-corrected chi connectivity index (χ3v) is 3.13. The Labute approximate surface area is 114 Å². The first-order valence-electron chi connectivity index (χ1n) is 4.96. The Bertz CT molecular complexity index is 325. The molecule has 3 N–H and O–H groups in total. The van der Waals surface area contributed by atoms with Gasteiger partial charge in [0.2, 0.25) is 0 Å². The van der Waals surface area contributed by atoms with Crippen molar-refractivity contribution in [3.05, 3.63) is 34.9 Å². The molecule has 0 radical (unpaired) electrons. The maximum atomic E-state index is 6.35. The van der Waals surface area contributed by atoms with Crippen LogP contribution in [0.25, 0.3) is 0 Å². The lowest BCUT2D eigenvalue weighted by molar-refractivity contribution is 0.317. The van der Waals surface area contributed by atoms with Gasteiger partial charge in [-0.25, -0.2) is 0 Å². The molecule has 0 bridgehead atoms. The van der Waals surface area contributed by atoms with Crippen molar-refractivity contribution in [2.24, 2.45) is 5.73 Å². The Kier molecular flexibility index (Phi) is 6.68. The zero-order valence-corrected chi connectivity index (χ0v) is 11.3. The van der Waals surface area contributed by atoms with E-state index in [1.165, 1.54) is 0 Å². The lowest BCUT2D eigenvalue weighted by Gasteiger charge is -2.34. The zero-order valence-electron chi connectivity index (χ0n) is 8.91. The molecular weight excluding hydrogens is 266 g/mol. The topological polar surface area (TPSA) is 38.0 Å². The normalized spacial score (nSPS) is 18.1. The second-order valence-electron chi connectivity index (χ2n) is 3.92. The maximum Gasteiger partial charge on any atom is 0.0434 e. The minimum Gasteiger partial charge on any atom is -0.321 e. The third kappa shape index (κ3) is 3.51. The highest BCUT2D eigenvalue weighted by atomic mass is 35.5. The van der Waals surface area contributed by atoms with Crippen LogP contribution in [0, 0.1) is 0 Å². The van der Waals surface area contributed by atoms with E-state index in [1.54, 1.807) is 0 Å². The average molecular weight is 284 g/mol. The molecule has 0 amide bonds. The van der Waals surface area contributed by atoms with Crippen molar-refractivity contribution in [3.63, 3.8) is 0 Å². The van der Waals surface area contributed by atoms with Crippen LogP contribution in [0.5, 0.6) is 0 Å². The SMILES string of the molecule is Cl.Cl.NC1(c2cccc(Cl)c2)CCNCC1. The zero-order chi connectivity index (χ0) is 10.0. The molecule has 1 heterocycles. The maximum absolute atomic E-state index is 6.35. The Hall–Kier alpha value is 0.01000. The first kappa shape index (κ1) is 16.0. The fourth-order valence-corrected chi connectivity index (χ4v) is 2.15. The van der Waals surface area contributed by atoms with Gasteiger partial charge in [-0.15, -0.1) is 24.8 Å². The number of nitrogens with one attached hydrogen (secondary N) is 1. The molecule has 1 fully saturated rings. The van der Waals surface area contributed by atoms with Crippen LogP contribution in [-0.2, 0) is 5.54 Å². The van der Waals surface area contributed by atoms with E-state index in [1.807, 2.05) is 18.2 Å². The van der Waals surface area contributed by atoms with Gasteiger partial charge in [0.25, 0.3) is 0 Å². The molecule has 2 rings (SSSR count). The lowest BCUT2D eigenvalue weighted by Crippen LogP contribution is -2.46. The van der Waals surface area contributed by atoms with E-state index in [-0.39, 0.29) is 30.4 Å². The molecule has 1 aromatic carbocycles. The molecule has 0 unspecified atom stereocenters. The monoisotopic (exact) mass is 282 g/mol. The largest absolute Gasteiger partial charge is 0.321 e. The molecule has 92 valence electrons. The number of halogens is 3. The number of nitrogens with two attached hydrogens (primary N) is 1. The fourth-order valence-electron chi connectivity index (χ4n) is 1.96. The summed E-state index contributed by atoms with van der Waals surface area (Å²) in [7, 11) is 0.